The number of carboxylic acids is 1. The summed E-state index contributed by atoms with van der Waals surface area (Å²) in [5.74, 6) is -1.16. The van der Waals surface area contributed by atoms with Crippen LogP contribution in [0.3, 0.4) is 0 Å². The molecular weight excluding hydrogens is 266 g/mol. The van der Waals surface area contributed by atoms with Crippen molar-refractivity contribution in [1.82, 2.24) is 5.32 Å². The minimum Gasteiger partial charge on any atom is -0.478 e. The van der Waals surface area contributed by atoms with E-state index in [-0.39, 0.29) is 5.91 Å². The van der Waals surface area contributed by atoms with Crippen LogP contribution in [0, 0.1) is 0 Å². The maximum atomic E-state index is 12.0. The monoisotopic (exact) mass is 281 g/mol. The van der Waals surface area contributed by atoms with Gasteiger partial charge in [0.25, 0.3) is 5.91 Å². The van der Waals surface area contributed by atoms with Crippen molar-refractivity contribution in [3.05, 3.63) is 77.4 Å². The van der Waals surface area contributed by atoms with Gasteiger partial charge in [0.1, 0.15) is 0 Å². The van der Waals surface area contributed by atoms with Crippen molar-refractivity contribution in [2.45, 2.75) is 6.54 Å². The molecule has 2 rings (SSSR count). The highest BCUT2D eigenvalue weighted by molar-refractivity contribution is 5.94. The Morgan fingerprint density at radius 3 is 2.29 bits per heavy atom. The van der Waals surface area contributed by atoms with E-state index >= 15 is 0 Å². The highest BCUT2D eigenvalue weighted by Crippen LogP contribution is 2.07. The molecule has 0 aliphatic carbocycles. The van der Waals surface area contributed by atoms with E-state index < -0.39 is 5.97 Å². The van der Waals surface area contributed by atoms with Crippen LogP contribution in [-0.4, -0.2) is 17.0 Å². The first-order valence-corrected chi connectivity index (χ1v) is 6.48. The zero-order chi connectivity index (χ0) is 15.1. The van der Waals surface area contributed by atoms with E-state index in [2.05, 4.69) is 5.32 Å². The number of amides is 1. The van der Waals surface area contributed by atoms with E-state index in [9.17, 15) is 9.59 Å². The van der Waals surface area contributed by atoms with Crippen LogP contribution in [0.15, 0.2) is 60.7 Å². The second kappa shape index (κ2) is 7.05. The topological polar surface area (TPSA) is 66.4 Å². The quantitative estimate of drug-likeness (QED) is 0.828. The van der Waals surface area contributed by atoms with Crippen molar-refractivity contribution >= 4 is 18.0 Å². The Morgan fingerprint density at radius 2 is 1.67 bits per heavy atom. The number of hydrogen-bond donors (Lipinski definition) is 2. The Hall–Kier alpha value is -2.88. The number of aliphatic carboxylic acids is 1. The fraction of sp³-hybridized carbons (Fsp3) is 0.0588. The molecule has 0 saturated heterocycles. The predicted octanol–water partition coefficient (Wildman–Crippen LogP) is 2.71. The second-order valence-electron chi connectivity index (χ2n) is 4.46. The van der Waals surface area contributed by atoms with Crippen molar-refractivity contribution in [1.29, 1.82) is 0 Å². The highest BCUT2D eigenvalue weighted by Gasteiger charge is 2.04. The second-order valence-corrected chi connectivity index (χ2v) is 4.46. The van der Waals surface area contributed by atoms with E-state index in [4.69, 9.17) is 5.11 Å². The summed E-state index contributed by atoms with van der Waals surface area (Å²) in [6.45, 7) is 0.473. The molecule has 4 heteroatoms. The largest absolute Gasteiger partial charge is 0.478 e. The van der Waals surface area contributed by atoms with Gasteiger partial charge in [0.05, 0.1) is 0 Å². The van der Waals surface area contributed by atoms with E-state index in [0.717, 1.165) is 17.2 Å². The lowest BCUT2D eigenvalue weighted by atomic mass is 10.1. The summed E-state index contributed by atoms with van der Waals surface area (Å²) >= 11 is 0. The van der Waals surface area contributed by atoms with Gasteiger partial charge in [-0.25, -0.2) is 4.79 Å². The van der Waals surface area contributed by atoms with Crippen LogP contribution in [0.4, 0.5) is 0 Å². The van der Waals surface area contributed by atoms with Gasteiger partial charge >= 0.3 is 5.97 Å². The molecule has 0 unspecified atom stereocenters. The van der Waals surface area contributed by atoms with Gasteiger partial charge in [-0.2, -0.15) is 0 Å². The Morgan fingerprint density at radius 1 is 1.00 bits per heavy atom. The molecule has 0 fully saturated rings. The van der Waals surface area contributed by atoms with Crippen LogP contribution in [0.5, 0.6) is 0 Å². The van der Waals surface area contributed by atoms with E-state index in [1.165, 1.54) is 6.08 Å². The molecular formula is C17H15NO3. The number of carbonyl (C=O) groups is 2. The van der Waals surface area contributed by atoms with Crippen molar-refractivity contribution in [2.75, 3.05) is 0 Å². The molecule has 0 spiro atoms. The third-order valence-electron chi connectivity index (χ3n) is 2.89. The van der Waals surface area contributed by atoms with Crippen LogP contribution in [0.1, 0.15) is 21.5 Å². The Balaban J connectivity index is 1.95. The van der Waals surface area contributed by atoms with Gasteiger partial charge in [0.15, 0.2) is 0 Å². The number of carbonyl (C=O) groups excluding carboxylic acids is 1. The first kappa shape index (κ1) is 14.5. The summed E-state index contributed by atoms with van der Waals surface area (Å²) < 4.78 is 0. The van der Waals surface area contributed by atoms with Gasteiger partial charge in [-0.15, -0.1) is 0 Å². The van der Waals surface area contributed by atoms with Gasteiger partial charge in [-0.3, -0.25) is 4.79 Å². The van der Waals surface area contributed by atoms with Gasteiger partial charge in [-0.1, -0.05) is 42.5 Å². The maximum absolute atomic E-state index is 12.0. The SMILES string of the molecule is O=C(O)C=Cc1ccc(C(=O)NCc2ccccc2)cc1. The van der Waals surface area contributed by atoms with Crippen LogP contribution in [-0.2, 0) is 11.3 Å². The number of hydrogen-bond acceptors (Lipinski definition) is 2. The summed E-state index contributed by atoms with van der Waals surface area (Å²) in [5.41, 5.74) is 2.31. The summed E-state index contributed by atoms with van der Waals surface area (Å²) in [5, 5.41) is 11.4. The fourth-order valence-corrected chi connectivity index (χ4v) is 1.79. The smallest absolute Gasteiger partial charge is 0.328 e. The average Bonchev–Trinajstić information content (AvgIpc) is 2.52. The Bertz CT molecular complexity index is 645. The molecule has 0 radical (unpaired) electrons. The number of nitrogens with one attached hydrogen (secondary N) is 1. The molecule has 0 atom stereocenters. The predicted molar refractivity (Wildman–Crippen MR) is 80.7 cm³/mol. The van der Waals surface area contributed by atoms with E-state index in [0.29, 0.717) is 12.1 Å². The first-order valence-electron chi connectivity index (χ1n) is 6.48. The molecule has 106 valence electrons. The molecule has 0 saturated carbocycles. The molecule has 2 aromatic carbocycles. The van der Waals surface area contributed by atoms with Crippen LogP contribution < -0.4 is 5.32 Å². The zero-order valence-corrected chi connectivity index (χ0v) is 11.3. The molecule has 0 aromatic heterocycles. The zero-order valence-electron chi connectivity index (χ0n) is 11.3. The molecule has 0 aliphatic heterocycles. The van der Waals surface area contributed by atoms with Gasteiger partial charge < -0.3 is 10.4 Å². The van der Waals surface area contributed by atoms with E-state index in [1.54, 1.807) is 24.3 Å². The third kappa shape index (κ3) is 4.62. The Labute approximate surface area is 122 Å². The molecule has 4 nitrogen and oxygen atoms in total. The standard InChI is InChI=1S/C17H15NO3/c19-16(20)11-8-13-6-9-15(10-7-13)17(21)18-12-14-4-2-1-3-5-14/h1-11H,12H2,(H,18,21)(H,19,20). The van der Waals surface area contributed by atoms with Crippen molar-refractivity contribution in [3.8, 4) is 0 Å². The van der Waals surface area contributed by atoms with Gasteiger partial charge in [-0.05, 0) is 29.3 Å². The molecule has 2 N–H and O–H groups in total. The number of carboxylic acid groups (broad SMARTS) is 1. The van der Waals surface area contributed by atoms with Crippen molar-refractivity contribution in [2.24, 2.45) is 0 Å². The lowest BCUT2D eigenvalue weighted by Crippen LogP contribution is -2.22. The molecule has 0 heterocycles. The van der Waals surface area contributed by atoms with Crippen LogP contribution >= 0.6 is 0 Å². The summed E-state index contributed by atoms with van der Waals surface area (Å²) in [4.78, 5) is 22.4. The average molecular weight is 281 g/mol. The normalized spacial score (nSPS) is 10.5. The van der Waals surface area contributed by atoms with Gasteiger partial charge in [0.2, 0.25) is 0 Å². The molecule has 0 aliphatic rings. The summed E-state index contributed by atoms with van der Waals surface area (Å²) in [6, 6.07) is 16.4. The van der Waals surface area contributed by atoms with E-state index in [1.807, 2.05) is 30.3 Å². The third-order valence-corrected chi connectivity index (χ3v) is 2.89. The maximum Gasteiger partial charge on any atom is 0.328 e. The summed E-state index contributed by atoms with van der Waals surface area (Å²) in [7, 11) is 0. The lowest BCUT2D eigenvalue weighted by Gasteiger charge is -2.05. The minimum absolute atomic E-state index is 0.160. The molecule has 0 bridgehead atoms. The first-order chi connectivity index (χ1) is 10.1. The minimum atomic E-state index is -1.00. The fourth-order valence-electron chi connectivity index (χ4n) is 1.79. The molecule has 21 heavy (non-hydrogen) atoms. The van der Waals surface area contributed by atoms with Crippen LogP contribution in [0.2, 0.25) is 0 Å². The lowest BCUT2D eigenvalue weighted by molar-refractivity contribution is -0.131. The highest BCUT2D eigenvalue weighted by atomic mass is 16.4. The molecule has 2 aromatic rings. The van der Waals surface area contributed by atoms with Gasteiger partial charge in [0, 0.05) is 18.2 Å². The molecule has 1 amide bonds. The van der Waals surface area contributed by atoms with Crippen molar-refractivity contribution in [3.63, 3.8) is 0 Å². The Kier molecular flexibility index (Phi) is 4.88. The van der Waals surface area contributed by atoms with Crippen LogP contribution in [0.25, 0.3) is 6.08 Å². The number of benzene rings is 2. The summed E-state index contributed by atoms with van der Waals surface area (Å²) in [6.07, 6.45) is 2.54. The number of rotatable bonds is 5. The van der Waals surface area contributed by atoms with Crippen molar-refractivity contribution < 1.29 is 14.7 Å².